The number of anilines is 1. The van der Waals surface area contributed by atoms with Crippen molar-refractivity contribution in [2.75, 3.05) is 31.5 Å². The lowest BCUT2D eigenvalue weighted by atomic mass is 9.95. The first-order valence-corrected chi connectivity index (χ1v) is 8.97. The van der Waals surface area contributed by atoms with Crippen molar-refractivity contribution >= 4 is 17.5 Å². The van der Waals surface area contributed by atoms with E-state index in [4.69, 9.17) is 5.73 Å². The van der Waals surface area contributed by atoms with E-state index in [9.17, 15) is 18.4 Å². The van der Waals surface area contributed by atoms with Gasteiger partial charge in [0, 0.05) is 36.8 Å². The number of benzene rings is 2. The van der Waals surface area contributed by atoms with Gasteiger partial charge in [-0.3, -0.25) is 14.5 Å². The summed E-state index contributed by atoms with van der Waals surface area (Å²) in [4.78, 5) is 25.9. The third-order valence-corrected chi connectivity index (χ3v) is 4.69. The average Bonchev–Trinajstić information content (AvgIpc) is 3.04. The van der Waals surface area contributed by atoms with E-state index in [0.717, 1.165) is 17.7 Å². The van der Waals surface area contributed by atoms with Crippen LogP contribution in [-0.4, -0.2) is 48.9 Å². The molecule has 3 rings (SSSR count). The van der Waals surface area contributed by atoms with E-state index in [2.05, 4.69) is 10.6 Å². The van der Waals surface area contributed by atoms with Gasteiger partial charge in [0.1, 0.15) is 0 Å². The predicted octanol–water partition coefficient (Wildman–Crippen LogP) is 1.45. The minimum atomic E-state index is -1.06. The molecule has 0 saturated carbocycles. The highest BCUT2D eigenvalue weighted by molar-refractivity contribution is 5.94. The molecule has 1 aliphatic rings. The van der Waals surface area contributed by atoms with Crippen molar-refractivity contribution in [1.82, 2.24) is 10.2 Å². The first-order valence-electron chi connectivity index (χ1n) is 8.97. The fourth-order valence-electron chi connectivity index (χ4n) is 3.31. The second kappa shape index (κ2) is 8.90. The Hall–Kier alpha value is -2.84. The number of nitrogens with two attached hydrogens (primary N) is 1. The Balaban J connectivity index is 1.44. The van der Waals surface area contributed by atoms with E-state index >= 15 is 0 Å². The largest absolute Gasteiger partial charge is 0.346 e. The molecule has 148 valence electrons. The fraction of sp³-hybridized carbons (Fsp3) is 0.300. The first-order chi connectivity index (χ1) is 13.4. The lowest BCUT2D eigenvalue weighted by molar-refractivity contribution is -0.124. The number of rotatable bonds is 6. The number of carbonyl (C=O) groups excluding carboxylic acids is 2. The molecule has 0 aliphatic carbocycles. The van der Waals surface area contributed by atoms with Gasteiger partial charge in [-0.15, -0.1) is 0 Å². The van der Waals surface area contributed by atoms with Crippen LogP contribution in [0.5, 0.6) is 0 Å². The summed E-state index contributed by atoms with van der Waals surface area (Å²) in [7, 11) is 0. The monoisotopic (exact) mass is 388 g/mol. The summed E-state index contributed by atoms with van der Waals surface area (Å²) in [6.07, 6.45) is 0. The zero-order valence-corrected chi connectivity index (χ0v) is 15.2. The summed E-state index contributed by atoms with van der Waals surface area (Å²) in [5.41, 5.74) is 7.48. The molecule has 4 N–H and O–H groups in total. The minimum absolute atomic E-state index is 0.0631. The van der Waals surface area contributed by atoms with Crippen LogP contribution in [0.25, 0.3) is 0 Å². The molecule has 1 aliphatic heterocycles. The van der Waals surface area contributed by atoms with E-state index in [1.54, 1.807) is 0 Å². The van der Waals surface area contributed by atoms with Crippen molar-refractivity contribution in [3.63, 3.8) is 0 Å². The molecule has 0 spiro atoms. The second-order valence-electron chi connectivity index (χ2n) is 6.83. The molecular weight excluding hydrogens is 366 g/mol. The maximum absolute atomic E-state index is 13.1. The third kappa shape index (κ3) is 5.11. The molecule has 1 fully saturated rings. The Morgan fingerprint density at radius 1 is 1.04 bits per heavy atom. The van der Waals surface area contributed by atoms with Crippen LogP contribution >= 0.6 is 0 Å². The van der Waals surface area contributed by atoms with Crippen LogP contribution in [0.4, 0.5) is 14.5 Å². The van der Waals surface area contributed by atoms with Gasteiger partial charge < -0.3 is 16.4 Å². The van der Waals surface area contributed by atoms with Crippen molar-refractivity contribution in [3.8, 4) is 0 Å². The highest BCUT2D eigenvalue weighted by Gasteiger charge is 2.31. The first kappa shape index (κ1) is 19.9. The van der Waals surface area contributed by atoms with Crippen LogP contribution in [0.3, 0.4) is 0 Å². The van der Waals surface area contributed by atoms with Crippen LogP contribution in [0.15, 0.2) is 48.5 Å². The zero-order valence-electron chi connectivity index (χ0n) is 15.2. The van der Waals surface area contributed by atoms with Crippen molar-refractivity contribution in [3.05, 3.63) is 65.7 Å². The van der Waals surface area contributed by atoms with Crippen LogP contribution in [0.1, 0.15) is 11.5 Å². The van der Waals surface area contributed by atoms with E-state index < -0.39 is 17.5 Å². The van der Waals surface area contributed by atoms with Gasteiger partial charge in [-0.25, -0.2) is 8.78 Å². The van der Waals surface area contributed by atoms with Gasteiger partial charge in [-0.1, -0.05) is 30.3 Å². The number of carbonyl (C=O) groups is 2. The number of amides is 2. The average molecular weight is 388 g/mol. The summed E-state index contributed by atoms with van der Waals surface area (Å²) < 4.78 is 26.0. The van der Waals surface area contributed by atoms with Gasteiger partial charge in [-0.2, -0.15) is 0 Å². The number of halogens is 2. The Bertz CT molecular complexity index is 847. The van der Waals surface area contributed by atoms with Crippen molar-refractivity contribution < 1.29 is 18.4 Å². The fourth-order valence-corrected chi connectivity index (χ4v) is 3.31. The number of nitrogens with zero attached hydrogens (tertiary/aromatic N) is 1. The number of hydrogen-bond donors (Lipinski definition) is 3. The molecule has 8 heteroatoms. The molecule has 2 atom stereocenters. The van der Waals surface area contributed by atoms with Crippen LogP contribution in [-0.2, 0) is 9.59 Å². The maximum atomic E-state index is 13.1. The molecule has 0 bridgehead atoms. The summed E-state index contributed by atoms with van der Waals surface area (Å²) in [5.74, 6) is -2.73. The van der Waals surface area contributed by atoms with Gasteiger partial charge in [0.15, 0.2) is 11.6 Å². The number of hydrogen-bond acceptors (Lipinski definition) is 4. The highest BCUT2D eigenvalue weighted by Crippen LogP contribution is 2.25. The van der Waals surface area contributed by atoms with Crippen LogP contribution in [0, 0.1) is 11.6 Å². The van der Waals surface area contributed by atoms with Crippen molar-refractivity contribution in [1.29, 1.82) is 0 Å². The summed E-state index contributed by atoms with van der Waals surface area (Å²) >= 11 is 0. The van der Waals surface area contributed by atoms with Gasteiger partial charge in [0.2, 0.25) is 11.8 Å². The van der Waals surface area contributed by atoms with E-state index in [1.165, 1.54) is 6.07 Å². The molecule has 2 aromatic rings. The second-order valence-corrected chi connectivity index (χ2v) is 6.83. The van der Waals surface area contributed by atoms with Crippen molar-refractivity contribution in [2.24, 2.45) is 5.73 Å². The molecule has 28 heavy (non-hydrogen) atoms. The molecular formula is C20H22F2N4O2. The van der Waals surface area contributed by atoms with Crippen LogP contribution < -0.4 is 16.4 Å². The highest BCUT2D eigenvalue weighted by atomic mass is 19.2. The van der Waals surface area contributed by atoms with Crippen molar-refractivity contribution in [2.45, 2.75) is 12.0 Å². The molecule has 0 aromatic heterocycles. The molecule has 2 aromatic carbocycles. The Labute approximate surface area is 161 Å². The quantitative estimate of drug-likeness (QED) is 0.699. The molecule has 6 nitrogen and oxygen atoms in total. The van der Waals surface area contributed by atoms with Gasteiger partial charge >= 0.3 is 0 Å². The zero-order chi connectivity index (χ0) is 20.1. The van der Waals surface area contributed by atoms with E-state index in [1.807, 2.05) is 35.2 Å². The normalized spacial score (nSPS) is 19.4. The molecule has 1 saturated heterocycles. The van der Waals surface area contributed by atoms with Gasteiger partial charge in [0.05, 0.1) is 13.1 Å². The molecule has 0 radical (unpaired) electrons. The summed E-state index contributed by atoms with van der Waals surface area (Å²) in [5, 5.41) is 4.92. The number of nitrogens with one attached hydrogen (secondary N) is 2. The smallest absolute Gasteiger partial charge is 0.243 e. The Morgan fingerprint density at radius 3 is 2.50 bits per heavy atom. The topological polar surface area (TPSA) is 87.5 Å². The van der Waals surface area contributed by atoms with Gasteiger partial charge in [-0.05, 0) is 17.7 Å². The van der Waals surface area contributed by atoms with Gasteiger partial charge in [0.25, 0.3) is 0 Å². The lowest BCUT2D eigenvalue weighted by Gasteiger charge is -2.16. The summed E-state index contributed by atoms with van der Waals surface area (Å²) in [6.45, 7) is 1.13. The predicted molar refractivity (Wildman–Crippen MR) is 102 cm³/mol. The third-order valence-electron chi connectivity index (χ3n) is 4.69. The summed E-state index contributed by atoms with van der Waals surface area (Å²) in [6, 6.07) is 12.9. The molecule has 1 heterocycles. The lowest BCUT2D eigenvalue weighted by Crippen LogP contribution is -2.40. The molecule has 2 amide bonds. The maximum Gasteiger partial charge on any atom is 0.243 e. The minimum Gasteiger partial charge on any atom is -0.346 e. The SMILES string of the molecule is N[C@@H]1CN(CC(=O)NCC(=O)Nc2ccc(F)c(F)c2)C[C@H]1c1ccccc1. The van der Waals surface area contributed by atoms with E-state index in [0.29, 0.717) is 13.1 Å². The van der Waals surface area contributed by atoms with Crippen LogP contribution in [0.2, 0.25) is 0 Å². The molecule has 0 unspecified atom stereocenters. The Morgan fingerprint density at radius 2 is 1.79 bits per heavy atom. The standard InChI is InChI=1S/C20H22F2N4O2/c21-16-7-6-14(8-17(16)22)25-19(27)9-24-20(28)12-26-10-15(18(23)11-26)13-4-2-1-3-5-13/h1-8,15,18H,9-12,23H2,(H,24,28)(H,25,27)/t15-,18+/m0/s1. The number of likely N-dealkylation sites (tertiary alicyclic amines) is 1. The Kier molecular flexibility index (Phi) is 6.33. The van der Waals surface area contributed by atoms with E-state index in [-0.39, 0.29) is 36.6 Å².